The van der Waals surface area contributed by atoms with Gasteiger partial charge in [-0.15, -0.1) is 11.3 Å². The number of nitrogens with zero attached hydrogens (tertiary/aromatic N) is 2. The van der Waals surface area contributed by atoms with Gasteiger partial charge in [-0.25, -0.2) is 14.6 Å². The lowest BCUT2D eigenvalue weighted by atomic mass is 10.1. The van der Waals surface area contributed by atoms with Gasteiger partial charge in [0.2, 0.25) is 0 Å². The van der Waals surface area contributed by atoms with Crippen LogP contribution in [0.25, 0.3) is 0 Å². The molecule has 1 N–H and O–H groups in total. The van der Waals surface area contributed by atoms with Crippen LogP contribution in [0, 0.1) is 13.8 Å². The fraction of sp³-hybridized carbons (Fsp3) is 0.476. The van der Waals surface area contributed by atoms with E-state index < -0.39 is 5.97 Å². The summed E-state index contributed by atoms with van der Waals surface area (Å²) in [4.78, 5) is 30.9. The Hall–Kier alpha value is -2.41. The first-order valence-corrected chi connectivity index (χ1v) is 10.6. The molecule has 28 heavy (non-hydrogen) atoms. The van der Waals surface area contributed by atoms with Crippen molar-refractivity contribution in [2.24, 2.45) is 0 Å². The van der Waals surface area contributed by atoms with E-state index in [1.807, 2.05) is 32.0 Å². The third kappa shape index (κ3) is 6.05. The number of amides is 2. The standard InChI is InChI=1S/C21H29N3O3S/c1-5-7-8-12-24(13-18-22-17(14-28-18)20(25)27-6-2)21(26)23-19-15(3)10-9-11-16(19)4/h9-11,14H,5-8,12-13H2,1-4H3,(H,23,26). The number of aryl methyl sites for hydroxylation is 2. The average molecular weight is 404 g/mol. The van der Waals surface area contributed by atoms with Crippen LogP contribution in [-0.4, -0.2) is 35.0 Å². The molecule has 0 aliphatic rings. The first-order valence-electron chi connectivity index (χ1n) is 9.69. The van der Waals surface area contributed by atoms with Crippen LogP contribution in [0.5, 0.6) is 0 Å². The number of benzene rings is 1. The lowest BCUT2D eigenvalue weighted by molar-refractivity contribution is 0.0520. The Kier molecular flexibility index (Phi) is 8.44. The van der Waals surface area contributed by atoms with Crippen molar-refractivity contribution in [2.45, 2.75) is 53.5 Å². The van der Waals surface area contributed by atoms with Gasteiger partial charge in [-0.2, -0.15) is 0 Å². The Balaban J connectivity index is 2.12. The second-order valence-corrected chi connectivity index (χ2v) is 7.62. The predicted molar refractivity (Wildman–Crippen MR) is 113 cm³/mol. The van der Waals surface area contributed by atoms with Gasteiger partial charge >= 0.3 is 12.0 Å². The van der Waals surface area contributed by atoms with E-state index in [0.717, 1.165) is 41.1 Å². The molecule has 1 heterocycles. The number of anilines is 1. The number of aromatic nitrogens is 1. The molecule has 1 aromatic carbocycles. The number of hydrogen-bond acceptors (Lipinski definition) is 5. The second-order valence-electron chi connectivity index (χ2n) is 6.67. The molecule has 7 heteroatoms. The summed E-state index contributed by atoms with van der Waals surface area (Å²) in [6, 6.07) is 5.79. The summed E-state index contributed by atoms with van der Waals surface area (Å²) in [5, 5.41) is 5.45. The van der Waals surface area contributed by atoms with E-state index in [4.69, 9.17) is 4.74 Å². The topological polar surface area (TPSA) is 71.5 Å². The van der Waals surface area contributed by atoms with Crippen LogP contribution < -0.4 is 5.32 Å². The van der Waals surface area contributed by atoms with Gasteiger partial charge < -0.3 is 15.0 Å². The number of carbonyl (C=O) groups is 2. The molecule has 0 atom stereocenters. The van der Waals surface area contributed by atoms with E-state index in [0.29, 0.717) is 25.4 Å². The minimum Gasteiger partial charge on any atom is -0.461 e. The largest absolute Gasteiger partial charge is 0.461 e. The van der Waals surface area contributed by atoms with Crippen LogP contribution in [-0.2, 0) is 11.3 Å². The molecule has 0 aliphatic heterocycles. The number of unbranched alkanes of at least 4 members (excludes halogenated alkanes) is 2. The van der Waals surface area contributed by atoms with Gasteiger partial charge in [0, 0.05) is 17.6 Å². The summed E-state index contributed by atoms with van der Waals surface area (Å²) in [5.74, 6) is -0.428. The monoisotopic (exact) mass is 403 g/mol. The number of thiazole rings is 1. The Morgan fingerprint density at radius 2 is 1.89 bits per heavy atom. The van der Waals surface area contributed by atoms with Crippen molar-refractivity contribution in [3.05, 3.63) is 45.4 Å². The van der Waals surface area contributed by atoms with Gasteiger partial charge in [0.15, 0.2) is 5.69 Å². The van der Waals surface area contributed by atoms with Gasteiger partial charge in [0.1, 0.15) is 5.01 Å². The zero-order valence-corrected chi connectivity index (χ0v) is 17.9. The van der Waals surface area contributed by atoms with Crippen molar-refractivity contribution in [3.8, 4) is 0 Å². The minimum absolute atomic E-state index is 0.151. The van der Waals surface area contributed by atoms with Crippen LogP contribution in [0.15, 0.2) is 23.6 Å². The van der Waals surface area contributed by atoms with Crippen molar-refractivity contribution in [2.75, 3.05) is 18.5 Å². The molecule has 0 bridgehead atoms. The summed E-state index contributed by atoms with van der Waals surface area (Å²) >= 11 is 1.37. The lowest BCUT2D eigenvalue weighted by Gasteiger charge is -2.23. The maximum Gasteiger partial charge on any atom is 0.357 e. The summed E-state index contributed by atoms with van der Waals surface area (Å²) in [7, 11) is 0. The fourth-order valence-electron chi connectivity index (χ4n) is 2.85. The van der Waals surface area contributed by atoms with E-state index in [2.05, 4.69) is 17.2 Å². The van der Waals surface area contributed by atoms with Gasteiger partial charge in [0.25, 0.3) is 0 Å². The molecule has 0 spiro atoms. The maximum absolute atomic E-state index is 13.0. The number of urea groups is 1. The highest BCUT2D eigenvalue weighted by molar-refractivity contribution is 7.09. The van der Waals surface area contributed by atoms with E-state index >= 15 is 0 Å². The number of hydrogen-bond donors (Lipinski definition) is 1. The third-order valence-electron chi connectivity index (χ3n) is 4.39. The molecule has 0 unspecified atom stereocenters. The maximum atomic E-state index is 13.0. The van der Waals surface area contributed by atoms with Crippen LogP contribution in [0.4, 0.5) is 10.5 Å². The molecule has 6 nitrogen and oxygen atoms in total. The predicted octanol–water partition coefficient (Wildman–Crippen LogP) is 5.16. The van der Waals surface area contributed by atoms with Gasteiger partial charge in [-0.3, -0.25) is 0 Å². The molecular weight excluding hydrogens is 374 g/mol. The zero-order valence-electron chi connectivity index (χ0n) is 17.1. The molecule has 152 valence electrons. The van der Waals surface area contributed by atoms with Crippen molar-refractivity contribution >= 4 is 29.0 Å². The molecule has 2 amide bonds. The Labute approximate surface area is 170 Å². The highest BCUT2D eigenvalue weighted by atomic mass is 32.1. The number of para-hydroxylation sites is 1. The van der Waals surface area contributed by atoms with E-state index in [9.17, 15) is 9.59 Å². The average Bonchev–Trinajstić information content (AvgIpc) is 3.13. The van der Waals surface area contributed by atoms with Crippen LogP contribution in [0.1, 0.15) is 59.7 Å². The van der Waals surface area contributed by atoms with E-state index in [1.165, 1.54) is 11.3 Å². The highest BCUT2D eigenvalue weighted by Gasteiger charge is 2.19. The Morgan fingerprint density at radius 3 is 2.54 bits per heavy atom. The quantitative estimate of drug-likeness (QED) is 0.464. The summed E-state index contributed by atoms with van der Waals surface area (Å²) in [5.41, 5.74) is 3.20. The molecule has 0 saturated carbocycles. The summed E-state index contributed by atoms with van der Waals surface area (Å²) in [6.07, 6.45) is 3.06. The Bertz CT molecular complexity index is 784. The zero-order chi connectivity index (χ0) is 20.5. The van der Waals surface area contributed by atoms with E-state index in [-0.39, 0.29) is 6.03 Å². The number of nitrogens with one attached hydrogen (secondary N) is 1. The van der Waals surface area contributed by atoms with Crippen molar-refractivity contribution in [1.29, 1.82) is 0 Å². The molecular formula is C21H29N3O3S. The van der Waals surface area contributed by atoms with Crippen LogP contribution >= 0.6 is 11.3 Å². The number of esters is 1. The third-order valence-corrected chi connectivity index (χ3v) is 5.23. The number of rotatable bonds is 9. The molecule has 0 aliphatic carbocycles. The smallest absolute Gasteiger partial charge is 0.357 e. The molecule has 0 fully saturated rings. The molecule has 0 saturated heterocycles. The molecule has 1 aromatic heterocycles. The summed E-state index contributed by atoms with van der Waals surface area (Å²) < 4.78 is 4.99. The van der Waals surface area contributed by atoms with Gasteiger partial charge in [0.05, 0.1) is 13.2 Å². The van der Waals surface area contributed by atoms with Crippen molar-refractivity contribution < 1.29 is 14.3 Å². The highest BCUT2D eigenvalue weighted by Crippen LogP contribution is 2.21. The Morgan fingerprint density at radius 1 is 1.18 bits per heavy atom. The first kappa shape index (κ1) is 21.9. The van der Waals surface area contributed by atoms with Crippen LogP contribution in [0.2, 0.25) is 0 Å². The number of ether oxygens (including phenoxy) is 1. The fourth-order valence-corrected chi connectivity index (χ4v) is 3.63. The normalized spacial score (nSPS) is 10.6. The number of carbonyl (C=O) groups excluding carboxylic acids is 2. The first-order chi connectivity index (χ1) is 13.5. The SMILES string of the molecule is CCCCCN(Cc1nc(C(=O)OCC)cs1)C(=O)Nc1c(C)cccc1C. The molecule has 2 aromatic rings. The molecule has 2 rings (SSSR count). The second kappa shape index (κ2) is 10.8. The van der Waals surface area contributed by atoms with Crippen LogP contribution in [0.3, 0.4) is 0 Å². The summed E-state index contributed by atoms with van der Waals surface area (Å²) in [6.45, 7) is 9.18. The van der Waals surface area contributed by atoms with Crippen molar-refractivity contribution in [1.82, 2.24) is 9.88 Å². The van der Waals surface area contributed by atoms with E-state index in [1.54, 1.807) is 17.2 Å². The lowest BCUT2D eigenvalue weighted by Crippen LogP contribution is -2.35. The minimum atomic E-state index is -0.428. The molecule has 0 radical (unpaired) electrons. The van der Waals surface area contributed by atoms with Gasteiger partial charge in [-0.05, 0) is 38.3 Å². The van der Waals surface area contributed by atoms with Crippen molar-refractivity contribution in [3.63, 3.8) is 0 Å². The van der Waals surface area contributed by atoms with Gasteiger partial charge in [-0.1, -0.05) is 38.0 Å².